The van der Waals surface area contributed by atoms with Crippen LogP contribution in [0.15, 0.2) is 30.3 Å². The third kappa shape index (κ3) is 3.35. The second-order valence-corrected chi connectivity index (χ2v) is 3.69. The molecule has 0 amide bonds. The fourth-order valence-electron chi connectivity index (χ4n) is 1.22. The summed E-state index contributed by atoms with van der Waals surface area (Å²) in [5.74, 6) is 7.77. The summed E-state index contributed by atoms with van der Waals surface area (Å²) in [5, 5.41) is 18.5. The van der Waals surface area contributed by atoms with Gasteiger partial charge in [-0.1, -0.05) is 42.2 Å². The Bertz CT molecular complexity index is 452. The third-order valence-corrected chi connectivity index (χ3v) is 2.15. The molecule has 0 bridgehead atoms. The van der Waals surface area contributed by atoms with Gasteiger partial charge >= 0.3 is 0 Å². The van der Waals surface area contributed by atoms with Crippen molar-refractivity contribution in [3.63, 3.8) is 0 Å². The van der Waals surface area contributed by atoms with Crippen molar-refractivity contribution < 1.29 is 10.2 Å². The van der Waals surface area contributed by atoms with Crippen LogP contribution in [-0.4, -0.2) is 10.2 Å². The third-order valence-electron chi connectivity index (χ3n) is 2.15. The zero-order valence-electron chi connectivity index (χ0n) is 9.36. The lowest BCUT2D eigenvalue weighted by Crippen LogP contribution is -2.18. The topological polar surface area (TPSA) is 40.5 Å². The van der Waals surface area contributed by atoms with Crippen LogP contribution in [-0.2, 0) is 5.60 Å². The molecular formula is C14H14O2. The number of aliphatic hydroxyl groups excluding tert-OH is 1. The molecule has 0 saturated heterocycles. The van der Waals surface area contributed by atoms with Crippen molar-refractivity contribution in [3.8, 4) is 23.9 Å². The summed E-state index contributed by atoms with van der Waals surface area (Å²) < 4.78 is 0. The van der Waals surface area contributed by atoms with Crippen molar-refractivity contribution in [1.82, 2.24) is 0 Å². The molecule has 2 nitrogen and oxygen atoms in total. The van der Waals surface area contributed by atoms with E-state index in [4.69, 9.17) is 5.11 Å². The van der Waals surface area contributed by atoms with Gasteiger partial charge in [-0.05, 0) is 25.3 Å². The minimum atomic E-state index is -1.19. The molecule has 1 rings (SSSR count). The van der Waals surface area contributed by atoms with Gasteiger partial charge < -0.3 is 10.2 Å². The molecule has 0 radical (unpaired) electrons. The number of hydrogen-bond donors (Lipinski definition) is 2. The van der Waals surface area contributed by atoms with E-state index in [-0.39, 0.29) is 5.92 Å². The fourth-order valence-corrected chi connectivity index (χ4v) is 1.22. The fraction of sp³-hybridized carbons (Fsp3) is 0.286. The Labute approximate surface area is 95.9 Å². The van der Waals surface area contributed by atoms with Crippen LogP contribution in [0.2, 0.25) is 0 Å². The standard InChI is InChI=1S/C14H14O2/c1-12(9-11-15)8-10-14(2,16)13-6-4-3-5-7-13/h3-7,12,15-16H,1-2H3. The van der Waals surface area contributed by atoms with E-state index in [2.05, 4.69) is 17.8 Å². The SMILES string of the molecule is CC(C#CO)C#CC(C)(O)c1ccccc1. The highest BCUT2D eigenvalue weighted by Crippen LogP contribution is 2.18. The van der Waals surface area contributed by atoms with Crippen LogP contribution in [0, 0.1) is 29.8 Å². The van der Waals surface area contributed by atoms with E-state index in [9.17, 15) is 5.11 Å². The van der Waals surface area contributed by atoms with Gasteiger partial charge in [0.25, 0.3) is 0 Å². The Kier molecular flexibility index (Phi) is 4.00. The lowest BCUT2D eigenvalue weighted by atomic mass is 9.96. The smallest absolute Gasteiger partial charge is 0.148 e. The van der Waals surface area contributed by atoms with Crippen molar-refractivity contribution in [3.05, 3.63) is 35.9 Å². The van der Waals surface area contributed by atoms with E-state index in [0.29, 0.717) is 0 Å². The molecule has 0 spiro atoms. The largest absolute Gasteiger partial charge is 0.462 e. The Morgan fingerprint density at radius 2 is 1.81 bits per heavy atom. The Balaban J connectivity index is 2.90. The maximum atomic E-state index is 10.1. The molecule has 2 heteroatoms. The molecular weight excluding hydrogens is 200 g/mol. The highest BCUT2D eigenvalue weighted by atomic mass is 16.3. The summed E-state index contributed by atoms with van der Waals surface area (Å²) in [4.78, 5) is 0. The van der Waals surface area contributed by atoms with Gasteiger partial charge in [0.1, 0.15) is 11.7 Å². The van der Waals surface area contributed by atoms with Crippen LogP contribution in [0.25, 0.3) is 0 Å². The van der Waals surface area contributed by atoms with Crippen LogP contribution in [0.4, 0.5) is 0 Å². The Hall–Kier alpha value is -1.90. The average Bonchev–Trinajstić information content (AvgIpc) is 2.28. The van der Waals surface area contributed by atoms with Gasteiger partial charge in [-0.2, -0.15) is 0 Å². The van der Waals surface area contributed by atoms with Gasteiger partial charge in [0.15, 0.2) is 0 Å². The second kappa shape index (κ2) is 5.26. The molecule has 0 saturated carbocycles. The molecule has 82 valence electrons. The molecule has 0 aliphatic heterocycles. The molecule has 1 aromatic carbocycles. The first-order valence-corrected chi connectivity index (χ1v) is 5.01. The van der Waals surface area contributed by atoms with Gasteiger partial charge in [0, 0.05) is 0 Å². The van der Waals surface area contributed by atoms with Crippen molar-refractivity contribution in [1.29, 1.82) is 0 Å². The van der Waals surface area contributed by atoms with Crippen molar-refractivity contribution >= 4 is 0 Å². The van der Waals surface area contributed by atoms with Crippen molar-refractivity contribution in [2.45, 2.75) is 19.4 Å². The maximum Gasteiger partial charge on any atom is 0.148 e. The predicted molar refractivity (Wildman–Crippen MR) is 62.7 cm³/mol. The summed E-state index contributed by atoms with van der Waals surface area (Å²) in [6.45, 7) is 3.39. The molecule has 0 aliphatic carbocycles. The molecule has 2 N–H and O–H groups in total. The predicted octanol–water partition coefficient (Wildman–Crippen LogP) is 1.87. The van der Waals surface area contributed by atoms with E-state index < -0.39 is 5.60 Å². The lowest BCUT2D eigenvalue weighted by Gasteiger charge is -2.16. The highest BCUT2D eigenvalue weighted by Gasteiger charge is 2.19. The second-order valence-electron chi connectivity index (χ2n) is 3.69. The van der Waals surface area contributed by atoms with Gasteiger partial charge in [0.05, 0.1) is 5.92 Å². The first-order chi connectivity index (χ1) is 7.56. The first kappa shape index (κ1) is 12.2. The van der Waals surface area contributed by atoms with E-state index in [1.54, 1.807) is 13.8 Å². The van der Waals surface area contributed by atoms with Crippen molar-refractivity contribution in [2.24, 2.45) is 5.92 Å². The summed E-state index contributed by atoms with van der Waals surface area (Å²) in [5.41, 5.74) is -0.446. The van der Waals surface area contributed by atoms with E-state index >= 15 is 0 Å². The zero-order valence-corrected chi connectivity index (χ0v) is 9.36. The van der Waals surface area contributed by atoms with Gasteiger partial charge in [0.2, 0.25) is 0 Å². The van der Waals surface area contributed by atoms with E-state index in [0.717, 1.165) is 5.56 Å². The Morgan fingerprint density at radius 1 is 1.19 bits per heavy atom. The van der Waals surface area contributed by atoms with Crippen LogP contribution >= 0.6 is 0 Å². The number of hydrogen-bond acceptors (Lipinski definition) is 2. The molecule has 0 heterocycles. The maximum absolute atomic E-state index is 10.1. The molecule has 0 fully saturated rings. The van der Waals surface area contributed by atoms with E-state index in [1.165, 1.54) is 0 Å². The molecule has 2 atom stereocenters. The number of benzene rings is 1. The summed E-state index contributed by atoms with van der Waals surface area (Å²) in [7, 11) is 0. The lowest BCUT2D eigenvalue weighted by molar-refractivity contribution is 0.122. The van der Waals surface area contributed by atoms with Crippen molar-refractivity contribution in [2.75, 3.05) is 0 Å². The minimum Gasteiger partial charge on any atom is -0.462 e. The molecule has 1 aromatic rings. The Morgan fingerprint density at radius 3 is 2.38 bits per heavy atom. The van der Waals surface area contributed by atoms with Crippen LogP contribution < -0.4 is 0 Å². The monoisotopic (exact) mass is 214 g/mol. The van der Waals surface area contributed by atoms with E-state index in [1.807, 2.05) is 36.4 Å². The van der Waals surface area contributed by atoms with Gasteiger partial charge in [-0.25, -0.2) is 0 Å². The number of aliphatic hydroxyl groups is 2. The highest BCUT2D eigenvalue weighted by molar-refractivity contribution is 5.31. The summed E-state index contributed by atoms with van der Waals surface area (Å²) >= 11 is 0. The van der Waals surface area contributed by atoms with Crippen LogP contribution in [0.1, 0.15) is 19.4 Å². The zero-order chi connectivity index (χ0) is 12.0. The minimum absolute atomic E-state index is 0.264. The number of rotatable bonds is 1. The van der Waals surface area contributed by atoms with Gasteiger partial charge in [-0.3, -0.25) is 0 Å². The molecule has 0 aliphatic rings. The summed E-state index contributed by atoms with van der Waals surface area (Å²) in [6.07, 6.45) is 1.81. The molecule has 0 aromatic heterocycles. The average molecular weight is 214 g/mol. The summed E-state index contributed by atoms with van der Waals surface area (Å²) in [6, 6.07) is 9.21. The quantitative estimate of drug-likeness (QED) is 0.701. The molecule has 2 unspecified atom stereocenters. The van der Waals surface area contributed by atoms with Crippen LogP contribution in [0.5, 0.6) is 0 Å². The normalized spacial score (nSPS) is 14.7. The van der Waals surface area contributed by atoms with Crippen LogP contribution in [0.3, 0.4) is 0 Å². The molecule has 16 heavy (non-hydrogen) atoms. The first-order valence-electron chi connectivity index (χ1n) is 5.01. The van der Waals surface area contributed by atoms with Gasteiger partial charge in [-0.15, -0.1) is 0 Å².